The van der Waals surface area contributed by atoms with Crippen LogP contribution in [0.5, 0.6) is 0 Å². The van der Waals surface area contributed by atoms with Gasteiger partial charge in [-0.05, 0) is 89.9 Å². The fraction of sp³-hybridized carbons (Fsp3) is 0.737. The monoisotopic (exact) mass is 1000 g/mol. The predicted octanol–water partition coefficient (Wildman–Crippen LogP) is 8.85. The van der Waals surface area contributed by atoms with Crippen LogP contribution in [0.1, 0.15) is 168 Å². The molecular formula is C57H96O14. The fourth-order valence-corrected chi connectivity index (χ4v) is 7.99. The molecular weight excluding hydrogens is 909 g/mol. The molecule has 0 aromatic rings. The van der Waals surface area contributed by atoms with Crippen LogP contribution in [0.4, 0.5) is 0 Å². The van der Waals surface area contributed by atoms with Gasteiger partial charge in [0.05, 0.1) is 26.4 Å². The van der Waals surface area contributed by atoms with Gasteiger partial charge in [0.1, 0.15) is 54.9 Å². The van der Waals surface area contributed by atoms with Gasteiger partial charge in [0, 0.05) is 13.0 Å². The molecule has 11 atom stereocenters. The van der Waals surface area contributed by atoms with Crippen LogP contribution in [0, 0.1) is 0 Å². The smallest absolute Gasteiger partial charge is 0.306 e. The standard InChI is InChI=1S/C57H96O14/c1-3-5-7-9-11-13-15-17-19-20-21-22-23-24-25-27-29-31-33-35-37-39-41-66-43-46(69-49(59)40-38-36-34-32-30-28-26-18-16-14-12-10-8-6-4-2)44-67-56-55(65)53(63)51(61)48(71-56)45-68-57-54(64)52(62)50(60)47(42-58)70-57/h6,8,12,14-15,17-18,20-21,23-24,26,30,32,46-48,50-58,60-65H,3-5,7,9-11,13,16,19,22,25,27-29,31,33-45H2,1-2H3/b8-6-,14-12-,17-15-,21-20-,24-23-,26-18-,32-30-. The highest BCUT2D eigenvalue weighted by Crippen LogP contribution is 2.26. The molecule has 0 amide bonds. The van der Waals surface area contributed by atoms with Crippen molar-refractivity contribution in [2.45, 2.75) is 235 Å². The summed E-state index contributed by atoms with van der Waals surface area (Å²) in [5.74, 6) is -0.423. The molecule has 7 N–H and O–H groups in total. The van der Waals surface area contributed by atoms with Gasteiger partial charge >= 0.3 is 5.97 Å². The zero-order chi connectivity index (χ0) is 51.6. The Morgan fingerprint density at radius 2 is 0.915 bits per heavy atom. The average Bonchev–Trinajstić information content (AvgIpc) is 3.37. The maximum Gasteiger partial charge on any atom is 0.306 e. The molecule has 2 saturated heterocycles. The van der Waals surface area contributed by atoms with Gasteiger partial charge in [0.15, 0.2) is 12.6 Å². The van der Waals surface area contributed by atoms with E-state index < -0.39 is 86.7 Å². The second-order valence-electron chi connectivity index (χ2n) is 18.7. The summed E-state index contributed by atoms with van der Waals surface area (Å²) in [6, 6.07) is 0. The maximum absolute atomic E-state index is 13.0. The topological polar surface area (TPSA) is 214 Å². The lowest BCUT2D eigenvalue weighted by Crippen LogP contribution is -2.61. The van der Waals surface area contributed by atoms with Crippen molar-refractivity contribution in [2.24, 2.45) is 0 Å². The van der Waals surface area contributed by atoms with E-state index in [1.807, 2.05) is 0 Å². The van der Waals surface area contributed by atoms with Crippen LogP contribution in [0.25, 0.3) is 0 Å². The van der Waals surface area contributed by atoms with Crippen molar-refractivity contribution >= 4 is 5.97 Å². The van der Waals surface area contributed by atoms with Crippen molar-refractivity contribution in [3.05, 3.63) is 85.1 Å². The number of unbranched alkanes of at least 4 members (excludes halogenated alkanes) is 14. The highest BCUT2D eigenvalue weighted by atomic mass is 16.7. The SMILES string of the molecule is CC/C=C\C/C=C\C/C=C\C/C=C\CCCCC(=O)OC(COCCCCCCCCC/C=C\C/C=C\C/C=C\CCCCCCC)COC1OC(COC2OC(CO)C(O)C(O)C2O)C(O)C(O)C1O. The van der Waals surface area contributed by atoms with E-state index in [1.54, 1.807) is 0 Å². The Morgan fingerprint density at radius 1 is 0.479 bits per heavy atom. The highest BCUT2D eigenvalue weighted by Gasteiger charge is 2.47. The number of allylic oxidation sites excluding steroid dienone is 14. The molecule has 14 nitrogen and oxygen atoms in total. The molecule has 11 unspecified atom stereocenters. The molecule has 0 aliphatic carbocycles. The molecule has 0 bridgehead atoms. The van der Waals surface area contributed by atoms with E-state index in [4.69, 9.17) is 28.4 Å². The number of rotatable bonds is 42. The summed E-state index contributed by atoms with van der Waals surface area (Å²) in [6.07, 6.45) is 39.3. The van der Waals surface area contributed by atoms with E-state index in [-0.39, 0.29) is 19.6 Å². The van der Waals surface area contributed by atoms with Crippen molar-refractivity contribution in [1.82, 2.24) is 0 Å². The number of hydrogen-bond donors (Lipinski definition) is 7. The predicted molar refractivity (Wildman–Crippen MR) is 279 cm³/mol. The van der Waals surface area contributed by atoms with E-state index in [0.29, 0.717) is 13.0 Å². The van der Waals surface area contributed by atoms with Gasteiger partial charge in [-0.3, -0.25) is 4.79 Å². The second kappa shape index (κ2) is 43.6. The van der Waals surface area contributed by atoms with Gasteiger partial charge in [-0.1, -0.05) is 157 Å². The van der Waals surface area contributed by atoms with E-state index in [0.717, 1.165) is 83.5 Å². The minimum absolute atomic E-state index is 0.0327. The largest absolute Gasteiger partial charge is 0.457 e. The zero-order valence-corrected chi connectivity index (χ0v) is 43.4. The Hall–Kier alpha value is -2.83. The van der Waals surface area contributed by atoms with Crippen molar-refractivity contribution in [3.8, 4) is 0 Å². The number of hydrogen-bond acceptors (Lipinski definition) is 14. The minimum atomic E-state index is -1.72. The third kappa shape index (κ3) is 30.8. The minimum Gasteiger partial charge on any atom is -0.457 e. The number of aliphatic hydroxyl groups excluding tert-OH is 7. The Bertz CT molecular complexity index is 1490. The molecule has 2 aliphatic rings. The highest BCUT2D eigenvalue weighted by molar-refractivity contribution is 5.69. The van der Waals surface area contributed by atoms with E-state index in [9.17, 15) is 40.5 Å². The van der Waals surface area contributed by atoms with Gasteiger partial charge in [0.2, 0.25) is 0 Å². The van der Waals surface area contributed by atoms with E-state index in [2.05, 4.69) is 98.9 Å². The number of aliphatic hydroxyl groups is 7. The van der Waals surface area contributed by atoms with Crippen LogP contribution in [-0.2, 0) is 33.2 Å². The van der Waals surface area contributed by atoms with Crippen molar-refractivity contribution < 1.29 is 69.0 Å². The zero-order valence-electron chi connectivity index (χ0n) is 43.4. The fourth-order valence-electron chi connectivity index (χ4n) is 7.99. The normalized spacial score (nSPS) is 26.0. The summed E-state index contributed by atoms with van der Waals surface area (Å²) in [5.41, 5.74) is 0. The first kappa shape index (κ1) is 64.3. The van der Waals surface area contributed by atoms with Crippen LogP contribution in [-0.4, -0.2) is 142 Å². The summed E-state index contributed by atoms with van der Waals surface area (Å²) in [4.78, 5) is 13.0. The number of carbonyl (C=O) groups is 1. The number of carbonyl (C=O) groups excluding carboxylic acids is 1. The van der Waals surface area contributed by atoms with Gasteiger partial charge in [0.25, 0.3) is 0 Å². The van der Waals surface area contributed by atoms with Gasteiger partial charge in [-0.15, -0.1) is 0 Å². The lowest BCUT2D eigenvalue weighted by molar-refractivity contribution is -0.332. The van der Waals surface area contributed by atoms with Crippen LogP contribution in [0.3, 0.4) is 0 Å². The quantitative estimate of drug-likeness (QED) is 0.0173. The summed E-state index contributed by atoms with van der Waals surface area (Å²) >= 11 is 0. The number of ether oxygens (including phenoxy) is 6. The Balaban J connectivity index is 1.76. The van der Waals surface area contributed by atoms with Crippen molar-refractivity contribution in [2.75, 3.05) is 33.0 Å². The van der Waals surface area contributed by atoms with Crippen LogP contribution in [0.15, 0.2) is 85.1 Å². The molecule has 0 spiro atoms. The van der Waals surface area contributed by atoms with Crippen LogP contribution in [0.2, 0.25) is 0 Å². The van der Waals surface area contributed by atoms with Crippen molar-refractivity contribution in [3.63, 3.8) is 0 Å². The first-order valence-electron chi connectivity index (χ1n) is 27.2. The third-order valence-corrected chi connectivity index (χ3v) is 12.4. The Labute approximate surface area is 427 Å². The van der Waals surface area contributed by atoms with Gasteiger partial charge in [-0.2, -0.15) is 0 Å². The van der Waals surface area contributed by atoms with Gasteiger partial charge in [-0.25, -0.2) is 0 Å². The third-order valence-electron chi connectivity index (χ3n) is 12.4. The van der Waals surface area contributed by atoms with Crippen LogP contribution >= 0.6 is 0 Å². The first-order chi connectivity index (χ1) is 34.6. The molecule has 0 aromatic heterocycles. The molecule has 0 radical (unpaired) electrons. The van der Waals surface area contributed by atoms with Crippen LogP contribution < -0.4 is 0 Å². The molecule has 2 heterocycles. The molecule has 2 aliphatic heterocycles. The van der Waals surface area contributed by atoms with Crippen molar-refractivity contribution in [1.29, 1.82) is 0 Å². The second-order valence-corrected chi connectivity index (χ2v) is 18.7. The molecule has 0 aromatic carbocycles. The molecule has 71 heavy (non-hydrogen) atoms. The molecule has 2 rings (SSSR count). The molecule has 408 valence electrons. The summed E-state index contributed by atoms with van der Waals surface area (Å²) < 4.78 is 34.2. The average molecular weight is 1010 g/mol. The maximum atomic E-state index is 13.0. The summed E-state index contributed by atoms with van der Waals surface area (Å²) in [5, 5.41) is 72.2. The Kier molecular flexibility index (Phi) is 39.4. The summed E-state index contributed by atoms with van der Waals surface area (Å²) in [7, 11) is 0. The Morgan fingerprint density at radius 3 is 1.44 bits per heavy atom. The lowest BCUT2D eigenvalue weighted by atomic mass is 9.98. The summed E-state index contributed by atoms with van der Waals surface area (Å²) in [6.45, 7) is 3.46. The first-order valence-corrected chi connectivity index (χ1v) is 27.2. The molecule has 14 heteroatoms. The lowest BCUT2D eigenvalue weighted by Gasteiger charge is -2.42. The van der Waals surface area contributed by atoms with Gasteiger partial charge < -0.3 is 64.2 Å². The molecule has 0 saturated carbocycles. The number of esters is 1. The van der Waals surface area contributed by atoms with E-state index >= 15 is 0 Å². The molecule has 2 fully saturated rings. The van der Waals surface area contributed by atoms with E-state index in [1.165, 1.54) is 57.8 Å².